The molecule has 7 nitrogen and oxygen atoms in total. The van der Waals surface area contributed by atoms with E-state index < -0.39 is 0 Å². The number of ether oxygens (including phenoxy) is 4. The standard InChI is InChI=1S/C32H35N3O4/c1-36-29-18-24(31(37-2)28-14-7-6-13-27(28)29)22-39-30-21-33-16-15-26(30)25-19-34-32(35-20-25)38-17-9-8-12-23-10-4-3-5-11-23/h3-8,10-14,18-20,26,30,33H,9,15-17,21-22H2,1-2H3. The summed E-state index contributed by atoms with van der Waals surface area (Å²) in [6.45, 7) is 2.61. The van der Waals surface area contributed by atoms with Crippen molar-refractivity contribution in [2.75, 3.05) is 33.9 Å². The number of nitrogens with one attached hydrogen (secondary N) is 1. The molecule has 0 saturated carbocycles. The van der Waals surface area contributed by atoms with Gasteiger partial charge in [-0.3, -0.25) is 0 Å². The Hall–Kier alpha value is -3.94. The molecule has 5 rings (SSSR count). The number of rotatable bonds is 11. The zero-order chi connectivity index (χ0) is 26.9. The highest BCUT2D eigenvalue weighted by molar-refractivity contribution is 5.94. The van der Waals surface area contributed by atoms with Crippen LogP contribution in [0, 0.1) is 0 Å². The molecule has 2 heterocycles. The Kier molecular flexibility index (Phi) is 9.04. The Labute approximate surface area is 229 Å². The highest BCUT2D eigenvalue weighted by Crippen LogP contribution is 2.38. The van der Waals surface area contributed by atoms with Gasteiger partial charge in [-0.1, -0.05) is 66.7 Å². The molecule has 1 fully saturated rings. The molecule has 1 aliphatic heterocycles. The lowest BCUT2D eigenvalue weighted by Gasteiger charge is -2.32. The number of hydrogen-bond acceptors (Lipinski definition) is 7. The van der Waals surface area contributed by atoms with Gasteiger partial charge < -0.3 is 24.3 Å². The first-order valence-corrected chi connectivity index (χ1v) is 13.4. The number of benzene rings is 3. The Bertz CT molecular complexity index is 1380. The summed E-state index contributed by atoms with van der Waals surface area (Å²) in [5, 5.41) is 5.49. The Morgan fingerprint density at radius 2 is 1.72 bits per heavy atom. The van der Waals surface area contributed by atoms with E-state index in [-0.39, 0.29) is 12.0 Å². The predicted octanol–water partition coefficient (Wildman–Crippen LogP) is 5.79. The van der Waals surface area contributed by atoms with Crippen molar-refractivity contribution in [1.29, 1.82) is 0 Å². The van der Waals surface area contributed by atoms with Gasteiger partial charge in [0.2, 0.25) is 0 Å². The van der Waals surface area contributed by atoms with Gasteiger partial charge in [-0.25, -0.2) is 9.97 Å². The first-order valence-electron chi connectivity index (χ1n) is 13.4. The second kappa shape index (κ2) is 13.2. The van der Waals surface area contributed by atoms with Crippen molar-refractivity contribution >= 4 is 16.8 Å². The summed E-state index contributed by atoms with van der Waals surface area (Å²) >= 11 is 0. The molecule has 202 valence electrons. The Morgan fingerprint density at radius 3 is 2.49 bits per heavy atom. The van der Waals surface area contributed by atoms with E-state index in [0.29, 0.717) is 19.2 Å². The molecule has 2 unspecified atom stereocenters. The number of hydrogen-bond donors (Lipinski definition) is 1. The van der Waals surface area contributed by atoms with Gasteiger partial charge in [0.25, 0.3) is 0 Å². The van der Waals surface area contributed by atoms with Gasteiger partial charge in [0.05, 0.1) is 33.5 Å². The summed E-state index contributed by atoms with van der Waals surface area (Å²) in [6.07, 6.45) is 9.63. The highest BCUT2D eigenvalue weighted by atomic mass is 16.5. The van der Waals surface area contributed by atoms with Crippen LogP contribution in [0.2, 0.25) is 0 Å². The molecule has 2 atom stereocenters. The molecule has 3 aromatic carbocycles. The largest absolute Gasteiger partial charge is 0.496 e. The van der Waals surface area contributed by atoms with Crippen LogP contribution in [0.3, 0.4) is 0 Å². The zero-order valence-corrected chi connectivity index (χ0v) is 22.5. The summed E-state index contributed by atoms with van der Waals surface area (Å²) in [5.74, 6) is 1.81. The lowest BCUT2D eigenvalue weighted by atomic mass is 9.89. The molecule has 0 radical (unpaired) electrons. The lowest BCUT2D eigenvalue weighted by Crippen LogP contribution is -2.41. The van der Waals surface area contributed by atoms with E-state index in [9.17, 15) is 0 Å². The van der Waals surface area contributed by atoms with E-state index in [0.717, 1.165) is 59.3 Å². The number of piperidine rings is 1. The van der Waals surface area contributed by atoms with Crippen LogP contribution in [0.1, 0.15) is 35.4 Å². The number of aromatic nitrogens is 2. The van der Waals surface area contributed by atoms with Crippen molar-refractivity contribution in [2.45, 2.75) is 31.5 Å². The van der Waals surface area contributed by atoms with E-state index in [4.69, 9.17) is 18.9 Å². The van der Waals surface area contributed by atoms with Gasteiger partial charge in [0.15, 0.2) is 0 Å². The fraction of sp³-hybridized carbons (Fsp3) is 0.312. The quantitative estimate of drug-likeness (QED) is 0.248. The van der Waals surface area contributed by atoms with Crippen molar-refractivity contribution in [1.82, 2.24) is 15.3 Å². The van der Waals surface area contributed by atoms with Crippen molar-refractivity contribution in [3.8, 4) is 17.5 Å². The van der Waals surface area contributed by atoms with Crippen LogP contribution >= 0.6 is 0 Å². The molecule has 0 aliphatic carbocycles. The van der Waals surface area contributed by atoms with Gasteiger partial charge >= 0.3 is 6.01 Å². The average molecular weight is 526 g/mol. The minimum Gasteiger partial charge on any atom is -0.496 e. The van der Waals surface area contributed by atoms with Crippen molar-refractivity contribution in [3.05, 3.63) is 95.8 Å². The third-order valence-electron chi connectivity index (χ3n) is 7.04. The fourth-order valence-electron chi connectivity index (χ4n) is 5.06. The minimum atomic E-state index is -0.0283. The first-order chi connectivity index (χ1) is 19.3. The third-order valence-corrected chi connectivity index (χ3v) is 7.04. The first kappa shape index (κ1) is 26.7. The van der Waals surface area contributed by atoms with E-state index in [1.807, 2.05) is 60.9 Å². The number of methoxy groups -OCH3 is 2. The molecule has 0 spiro atoms. The van der Waals surface area contributed by atoms with Crippen molar-refractivity contribution < 1.29 is 18.9 Å². The molecule has 0 amide bonds. The van der Waals surface area contributed by atoms with Crippen LogP contribution in [-0.4, -0.2) is 50.0 Å². The molecular formula is C32H35N3O4. The van der Waals surface area contributed by atoms with E-state index in [2.05, 4.69) is 39.6 Å². The summed E-state index contributed by atoms with van der Waals surface area (Å²) in [6, 6.07) is 20.7. The zero-order valence-electron chi connectivity index (χ0n) is 22.5. The topological polar surface area (TPSA) is 74.7 Å². The average Bonchev–Trinajstić information content (AvgIpc) is 3.00. The summed E-state index contributed by atoms with van der Waals surface area (Å²) < 4.78 is 23.7. The van der Waals surface area contributed by atoms with Gasteiger partial charge in [0, 0.05) is 41.2 Å². The molecule has 1 N–H and O–H groups in total. The Morgan fingerprint density at radius 1 is 0.949 bits per heavy atom. The lowest BCUT2D eigenvalue weighted by molar-refractivity contribution is 0.00965. The summed E-state index contributed by atoms with van der Waals surface area (Å²) in [7, 11) is 3.39. The normalized spacial score (nSPS) is 17.4. The second-order valence-corrected chi connectivity index (χ2v) is 9.51. The molecule has 0 bridgehead atoms. The second-order valence-electron chi connectivity index (χ2n) is 9.51. The van der Waals surface area contributed by atoms with Crippen LogP contribution in [-0.2, 0) is 11.3 Å². The predicted molar refractivity (Wildman–Crippen MR) is 153 cm³/mol. The van der Waals surface area contributed by atoms with E-state index in [1.54, 1.807) is 14.2 Å². The molecule has 1 aliphatic rings. The minimum absolute atomic E-state index is 0.0283. The maximum absolute atomic E-state index is 6.49. The van der Waals surface area contributed by atoms with Crippen LogP contribution in [0.4, 0.5) is 0 Å². The monoisotopic (exact) mass is 525 g/mol. The molecule has 4 aromatic rings. The van der Waals surface area contributed by atoms with Crippen LogP contribution in [0.5, 0.6) is 17.5 Å². The van der Waals surface area contributed by atoms with Crippen LogP contribution in [0.15, 0.2) is 79.1 Å². The molecule has 39 heavy (non-hydrogen) atoms. The van der Waals surface area contributed by atoms with Gasteiger partial charge in [-0.15, -0.1) is 0 Å². The third kappa shape index (κ3) is 6.56. The molecule has 1 saturated heterocycles. The smallest absolute Gasteiger partial charge is 0.316 e. The SMILES string of the molecule is COc1cc(COC2CNCCC2c2cnc(OCCC=Cc3ccccc3)nc2)c(OC)c2ccccc12. The maximum Gasteiger partial charge on any atom is 0.316 e. The van der Waals surface area contributed by atoms with Gasteiger partial charge in [-0.05, 0) is 36.6 Å². The molecule has 1 aromatic heterocycles. The number of fused-ring (bicyclic) bond motifs is 1. The van der Waals surface area contributed by atoms with Crippen molar-refractivity contribution in [3.63, 3.8) is 0 Å². The van der Waals surface area contributed by atoms with E-state index >= 15 is 0 Å². The van der Waals surface area contributed by atoms with E-state index in [1.165, 1.54) is 5.56 Å². The molecular weight excluding hydrogens is 490 g/mol. The van der Waals surface area contributed by atoms with Crippen molar-refractivity contribution in [2.24, 2.45) is 0 Å². The van der Waals surface area contributed by atoms with Gasteiger partial charge in [0.1, 0.15) is 11.5 Å². The van der Waals surface area contributed by atoms with Gasteiger partial charge in [-0.2, -0.15) is 0 Å². The maximum atomic E-state index is 6.49. The van der Waals surface area contributed by atoms with Crippen LogP contribution < -0.4 is 19.5 Å². The Balaban J connectivity index is 1.21. The summed E-state index contributed by atoms with van der Waals surface area (Å²) in [4.78, 5) is 8.95. The number of nitrogens with zero attached hydrogens (tertiary/aromatic N) is 2. The fourth-order valence-corrected chi connectivity index (χ4v) is 5.06. The summed E-state index contributed by atoms with van der Waals surface area (Å²) in [5.41, 5.74) is 3.19. The van der Waals surface area contributed by atoms with Crippen LogP contribution in [0.25, 0.3) is 16.8 Å². The molecule has 7 heteroatoms. The highest BCUT2D eigenvalue weighted by Gasteiger charge is 2.28.